The van der Waals surface area contributed by atoms with Crippen LogP contribution in [0.3, 0.4) is 0 Å². The molecule has 1 aromatic carbocycles. The minimum atomic E-state index is 0.0826. The van der Waals surface area contributed by atoms with Crippen molar-refractivity contribution in [3.05, 3.63) is 53.6 Å². The molecule has 0 fully saturated rings. The summed E-state index contributed by atoms with van der Waals surface area (Å²) in [5, 5.41) is 9.00. The van der Waals surface area contributed by atoms with E-state index in [2.05, 4.69) is 0 Å². The molecule has 0 radical (unpaired) electrons. The van der Waals surface area contributed by atoms with Crippen LogP contribution in [0.4, 0.5) is 0 Å². The zero-order valence-corrected chi connectivity index (χ0v) is 7.77. The van der Waals surface area contributed by atoms with E-state index in [-0.39, 0.29) is 6.61 Å². The number of hydrogen-bond acceptors (Lipinski definition) is 1. The quantitative estimate of drug-likeness (QED) is 0.698. The molecule has 1 rings (SSSR count). The van der Waals surface area contributed by atoms with Gasteiger partial charge in [0.15, 0.2) is 0 Å². The van der Waals surface area contributed by atoms with Gasteiger partial charge in [-0.3, -0.25) is 0 Å². The first-order valence-corrected chi connectivity index (χ1v) is 4.36. The van der Waals surface area contributed by atoms with E-state index in [9.17, 15) is 0 Å². The van der Waals surface area contributed by atoms with Crippen molar-refractivity contribution in [1.29, 1.82) is 0 Å². The predicted octanol–water partition coefficient (Wildman–Crippen LogP) is 2.64. The maximum atomic E-state index is 9.00. The summed E-state index contributed by atoms with van der Waals surface area (Å²) < 4.78 is 0. The zero-order chi connectivity index (χ0) is 9.52. The Morgan fingerprint density at radius 2 is 2.00 bits per heavy atom. The van der Waals surface area contributed by atoms with Crippen molar-refractivity contribution in [2.75, 3.05) is 6.61 Å². The van der Waals surface area contributed by atoms with Crippen molar-refractivity contribution < 1.29 is 5.11 Å². The fraction of sp³-hybridized carbons (Fsp3) is 0.167. The summed E-state index contributed by atoms with van der Waals surface area (Å²) in [6.45, 7) is 2.02. The van der Waals surface area contributed by atoms with Gasteiger partial charge in [0.05, 0.1) is 6.61 Å². The summed E-state index contributed by atoms with van der Waals surface area (Å²) in [5.74, 6) is 0. The van der Waals surface area contributed by atoms with Gasteiger partial charge >= 0.3 is 0 Å². The Kier molecular flexibility index (Phi) is 4.00. The monoisotopic (exact) mass is 174 g/mol. The number of allylic oxidation sites excluding steroid dienone is 1. The highest BCUT2D eigenvalue weighted by Gasteiger charge is 1.89. The lowest BCUT2D eigenvalue weighted by molar-refractivity contribution is 0.336. The lowest BCUT2D eigenvalue weighted by Gasteiger charge is -1.96. The lowest BCUT2D eigenvalue weighted by atomic mass is 10.1. The number of benzene rings is 1. The molecule has 0 spiro atoms. The third-order valence-electron chi connectivity index (χ3n) is 1.71. The first kappa shape index (κ1) is 9.75. The third-order valence-corrected chi connectivity index (χ3v) is 1.71. The Bertz CT molecular complexity index is 296. The second kappa shape index (κ2) is 5.33. The van der Waals surface area contributed by atoms with E-state index in [1.54, 1.807) is 0 Å². The second-order valence-corrected chi connectivity index (χ2v) is 2.79. The van der Waals surface area contributed by atoms with Crippen LogP contribution in [0.25, 0.3) is 6.08 Å². The van der Waals surface area contributed by atoms with Gasteiger partial charge in [-0.2, -0.15) is 0 Å². The molecule has 0 heterocycles. The van der Waals surface area contributed by atoms with Gasteiger partial charge in [0.25, 0.3) is 0 Å². The maximum absolute atomic E-state index is 9.00. The molecule has 1 heteroatoms. The Labute approximate surface area is 79.0 Å². The number of aliphatic hydroxyl groups is 1. The van der Waals surface area contributed by atoms with Crippen molar-refractivity contribution in [3.63, 3.8) is 0 Å². The summed E-state index contributed by atoms with van der Waals surface area (Å²) in [6.07, 6.45) is 5.80. The lowest BCUT2D eigenvalue weighted by Crippen LogP contribution is -1.85. The number of rotatable bonds is 3. The van der Waals surface area contributed by atoms with Gasteiger partial charge in [-0.15, -0.1) is 0 Å². The highest BCUT2D eigenvalue weighted by Crippen LogP contribution is 2.06. The SMILES string of the molecule is C/C=C/C(=C\c1ccccc1)CO. The van der Waals surface area contributed by atoms with Gasteiger partial charge in [-0.05, 0) is 24.1 Å². The van der Waals surface area contributed by atoms with Crippen molar-refractivity contribution in [3.8, 4) is 0 Å². The molecule has 0 aromatic heterocycles. The molecule has 0 bridgehead atoms. The van der Waals surface area contributed by atoms with Crippen LogP contribution in [0.1, 0.15) is 12.5 Å². The summed E-state index contributed by atoms with van der Waals surface area (Å²) in [5.41, 5.74) is 2.04. The van der Waals surface area contributed by atoms with Gasteiger partial charge < -0.3 is 5.11 Å². The van der Waals surface area contributed by atoms with Crippen LogP contribution in [0, 0.1) is 0 Å². The van der Waals surface area contributed by atoms with Crippen molar-refractivity contribution in [1.82, 2.24) is 0 Å². The van der Waals surface area contributed by atoms with E-state index in [4.69, 9.17) is 5.11 Å². The zero-order valence-electron chi connectivity index (χ0n) is 7.77. The standard InChI is InChI=1S/C12H14O/c1-2-6-12(10-13)9-11-7-4-3-5-8-11/h2-9,13H,10H2,1H3/b6-2+,12-9+. The van der Waals surface area contributed by atoms with Crippen molar-refractivity contribution in [2.24, 2.45) is 0 Å². The highest BCUT2D eigenvalue weighted by atomic mass is 16.3. The predicted molar refractivity (Wildman–Crippen MR) is 56.3 cm³/mol. The normalized spacial score (nSPS) is 12.3. The molecule has 0 saturated carbocycles. The van der Waals surface area contributed by atoms with Gasteiger partial charge in [0, 0.05) is 0 Å². The Balaban J connectivity index is 2.85. The number of aliphatic hydroxyl groups excluding tert-OH is 1. The molecule has 0 aliphatic carbocycles. The molecule has 68 valence electrons. The van der Waals surface area contributed by atoms with Crippen molar-refractivity contribution >= 4 is 6.08 Å². The van der Waals surface area contributed by atoms with E-state index in [0.717, 1.165) is 11.1 Å². The number of hydrogen-bond donors (Lipinski definition) is 1. The van der Waals surface area contributed by atoms with Crippen LogP contribution in [0.2, 0.25) is 0 Å². The Hall–Kier alpha value is -1.34. The largest absolute Gasteiger partial charge is 0.392 e. The topological polar surface area (TPSA) is 20.2 Å². The van der Waals surface area contributed by atoms with Gasteiger partial charge in [0.1, 0.15) is 0 Å². The molecule has 1 N–H and O–H groups in total. The van der Waals surface area contributed by atoms with Crippen LogP contribution >= 0.6 is 0 Å². The summed E-state index contributed by atoms with van der Waals surface area (Å²) in [6, 6.07) is 9.97. The summed E-state index contributed by atoms with van der Waals surface area (Å²) in [7, 11) is 0. The Morgan fingerprint density at radius 1 is 1.31 bits per heavy atom. The maximum Gasteiger partial charge on any atom is 0.0681 e. The van der Waals surface area contributed by atoms with Gasteiger partial charge in [-0.1, -0.05) is 42.5 Å². The summed E-state index contributed by atoms with van der Waals surface area (Å²) >= 11 is 0. The fourth-order valence-corrected chi connectivity index (χ4v) is 1.12. The molecule has 0 aliphatic rings. The minimum Gasteiger partial charge on any atom is -0.392 e. The molecule has 0 atom stereocenters. The fourth-order valence-electron chi connectivity index (χ4n) is 1.12. The van der Waals surface area contributed by atoms with Crippen LogP contribution in [0.15, 0.2) is 48.1 Å². The first-order valence-electron chi connectivity index (χ1n) is 4.36. The average molecular weight is 174 g/mol. The van der Waals surface area contributed by atoms with Crippen molar-refractivity contribution in [2.45, 2.75) is 6.92 Å². The van der Waals surface area contributed by atoms with Crippen LogP contribution < -0.4 is 0 Å². The van der Waals surface area contributed by atoms with E-state index < -0.39 is 0 Å². The van der Waals surface area contributed by atoms with Gasteiger partial charge in [0.2, 0.25) is 0 Å². The van der Waals surface area contributed by atoms with Gasteiger partial charge in [-0.25, -0.2) is 0 Å². The molecule has 0 amide bonds. The molecule has 0 unspecified atom stereocenters. The van der Waals surface area contributed by atoms with Crippen LogP contribution in [0.5, 0.6) is 0 Å². The molecular weight excluding hydrogens is 160 g/mol. The Morgan fingerprint density at radius 3 is 2.54 bits per heavy atom. The highest BCUT2D eigenvalue weighted by molar-refractivity contribution is 5.55. The first-order chi connectivity index (χ1) is 6.36. The second-order valence-electron chi connectivity index (χ2n) is 2.79. The molecule has 1 aromatic rings. The van der Waals surface area contributed by atoms with Crippen LogP contribution in [-0.4, -0.2) is 11.7 Å². The van der Waals surface area contributed by atoms with Crippen LogP contribution in [-0.2, 0) is 0 Å². The molecule has 13 heavy (non-hydrogen) atoms. The summed E-state index contributed by atoms with van der Waals surface area (Å²) in [4.78, 5) is 0. The van der Waals surface area contributed by atoms with E-state index in [1.807, 2.05) is 55.5 Å². The molecule has 1 nitrogen and oxygen atoms in total. The molecular formula is C12H14O. The molecule has 0 aliphatic heterocycles. The molecule has 0 saturated heterocycles. The van der Waals surface area contributed by atoms with E-state index in [1.165, 1.54) is 0 Å². The average Bonchev–Trinajstić information content (AvgIpc) is 2.19. The van der Waals surface area contributed by atoms with E-state index >= 15 is 0 Å². The third kappa shape index (κ3) is 3.26. The smallest absolute Gasteiger partial charge is 0.0681 e. The van der Waals surface area contributed by atoms with E-state index in [0.29, 0.717) is 0 Å². The minimum absolute atomic E-state index is 0.0826.